The highest BCUT2D eigenvalue weighted by molar-refractivity contribution is 5.82. The van der Waals surface area contributed by atoms with Crippen LogP contribution < -0.4 is 5.32 Å². The Kier molecular flexibility index (Phi) is 4.23. The third kappa shape index (κ3) is 2.90. The molecule has 1 N–H and O–H groups in total. The maximum atomic E-state index is 12.2. The summed E-state index contributed by atoms with van der Waals surface area (Å²) in [7, 11) is 0. The minimum absolute atomic E-state index is 0.140. The summed E-state index contributed by atoms with van der Waals surface area (Å²) in [5.74, 6) is -0.514. The van der Waals surface area contributed by atoms with Gasteiger partial charge >= 0.3 is 5.97 Å². The molecule has 4 heteroatoms. The van der Waals surface area contributed by atoms with E-state index in [1.54, 1.807) is 6.92 Å². The number of carbonyl (C=O) groups is 2. The van der Waals surface area contributed by atoms with Crippen molar-refractivity contribution >= 4 is 12.3 Å². The van der Waals surface area contributed by atoms with E-state index >= 15 is 0 Å². The number of nitrogens with one attached hydrogen (secondary N) is 1. The maximum absolute atomic E-state index is 12.2. The lowest BCUT2D eigenvalue weighted by Crippen LogP contribution is -2.47. The molecule has 1 saturated heterocycles. The molecule has 0 unspecified atom stereocenters. The molecule has 20 heavy (non-hydrogen) atoms. The number of ether oxygens (including phenoxy) is 1. The second-order valence-electron chi connectivity index (χ2n) is 5.82. The summed E-state index contributed by atoms with van der Waals surface area (Å²) < 4.78 is 5.30. The van der Waals surface area contributed by atoms with E-state index in [2.05, 4.69) is 5.32 Å². The van der Waals surface area contributed by atoms with Crippen molar-refractivity contribution in [2.45, 2.75) is 44.9 Å². The summed E-state index contributed by atoms with van der Waals surface area (Å²) in [5, 5.41) is 3.28. The molecule has 1 heterocycles. The summed E-state index contributed by atoms with van der Waals surface area (Å²) in [6.45, 7) is 5.45. The van der Waals surface area contributed by atoms with Gasteiger partial charge in [-0.1, -0.05) is 30.3 Å². The van der Waals surface area contributed by atoms with Gasteiger partial charge in [0, 0.05) is 12.0 Å². The quantitative estimate of drug-likeness (QED) is 0.676. The van der Waals surface area contributed by atoms with E-state index in [1.807, 2.05) is 44.2 Å². The van der Waals surface area contributed by atoms with E-state index in [-0.39, 0.29) is 24.0 Å². The van der Waals surface area contributed by atoms with Gasteiger partial charge < -0.3 is 9.53 Å². The number of aldehydes is 1. The first kappa shape index (κ1) is 14.7. The van der Waals surface area contributed by atoms with E-state index in [0.29, 0.717) is 6.42 Å². The van der Waals surface area contributed by atoms with Gasteiger partial charge in [-0.25, -0.2) is 0 Å². The number of carbonyl (C=O) groups excluding carboxylic acids is 2. The minimum Gasteiger partial charge on any atom is -0.462 e. The average Bonchev–Trinajstić information content (AvgIpc) is 2.78. The van der Waals surface area contributed by atoms with Crippen LogP contribution in [0, 0.1) is 5.92 Å². The summed E-state index contributed by atoms with van der Waals surface area (Å²) >= 11 is 0. The molecule has 2 rings (SSSR count). The summed E-state index contributed by atoms with van der Waals surface area (Å²) in [6, 6.07) is 9.59. The van der Waals surface area contributed by atoms with Gasteiger partial charge in [-0.15, -0.1) is 0 Å². The lowest BCUT2D eigenvalue weighted by atomic mass is 9.91. The fraction of sp³-hybridized carbons (Fsp3) is 0.500. The monoisotopic (exact) mass is 275 g/mol. The molecule has 4 nitrogen and oxygen atoms in total. The molecule has 0 bridgehead atoms. The Morgan fingerprint density at radius 2 is 2.05 bits per heavy atom. The van der Waals surface area contributed by atoms with Crippen LogP contribution in [0.2, 0.25) is 0 Å². The van der Waals surface area contributed by atoms with Crippen LogP contribution in [0.3, 0.4) is 0 Å². The minimum atomic E-state index is -0.809. The fourth-order valence-corrected chi connectivity index (χ4v) is 2.70. The second kappa shape index (κ2) is 5.75. The number of rotatable bonds is 4. The normalized spacial score (nSPS) is 29.4. The smallest absolute Gasteiger partial charge is 0.326 e. The zero-order chi connectivity index (χ0) is 14.8. The van der Waals surface area contributed by atoms with Gasteiger partial charge in [-0.3, -0.25) is 10.1 Å². The molecule has 1 aliphatic rings. The summed E-state index contributed by atoms with van der Waals surface area (Å²) in [4.78, 5) is 23.5. The first-order chi connectivity index (χ1) is 9.46. The van der Waals surface area contributed by atoms with Crippen LogP contribution in [0.25, 0.3) is 0 Å². The summed E-state index contributed by atoms with van der Waals surface area (Å²) in [5.41, 5.74) is 0.210. The van der Waals surface area contributed by atoms with Gasteiger partial charge in [0.15, 0.2) is 0 Å². The van der Waals surface area contributed by atoms with Crippen molar-refractivity contribution in [3.05, 3.63) is 35.9 Å². The Bertz CT molecular complexity index is 486. The topological polar surface area (TPSA) is 55.4 Å². The highest BCUT2D eigenvalue weighted by atomic mass is 16.5. The molecule has 3 atom stereocenters. The zero-order valence-electron chi connectivity index (χ0n) is 12.1. The molecule has 0 amide bonds. The van der Waals surface area contributed by atoms with Gasteiger partial charge in [-0.2, -0.15) is 0 Å². The first-order valence-corrected chi connectivity index (χ1v) is 6.95. The van der Waals surface area contributed by atoms with Crippen LogP contribution in [-0.2, 0) is 14.3 Å². The molecule has 1 aliphatic heterocycles. The Hall–Kier alpha value is -1.68. The highest BCUT2D eigenvalue weighted by Crippen LogP contribution is 2.37. The van der Waals surface area contributed by atoms with Gasteiger partial charge in [0.05, 0.1) is 6.10 Å². The van der Waals surface area contributed by atoms with Gasteiger partial charge in [0.25, 0.3) is 0 Å². The van der Waals surface area contributed by atoms with Gasteiger partial charge in [0.1, 0.15) is 11.8 Å². The highest BCUT2D eigenvalue weighted by Gasteiger charge is 2.48. The Morgan fingerprint density at radius 1 is 1.40 bits per heavy atom. The third-order valence-corrected chi connectivity index (χ3v) is 3.67. The van der Waals surface area contributed by atoms with Crippen molar-refractivity contribution in [1.82, 2.24) is 5.32 Å². The number of hydrogen-bond donors (Lipinski definition) is 1. The molecule has 1 aromatic carbocycles. The predicted octanol–water partition coefficient (Wildman–Crippen LogP) is 2.25. The molecule has 0 radical (unpaired) electrons. The molecular formula is C16H21NO3. The van der Waals surface area contributed by atoms with Crippen LogP contribution >= 0.6 is 0 Å². The van der Waals surface area contributed by atoms with E-state index < -0.39 is 5.54 Å². The molecular weight excluding hydrogens is 254 g/mol. The van der Waals surface area contributed by atoms with E-state index in [1.165, 1.54) is 0 Å². The largest absolute Gasteiger partial charge is 0.462 e. The van der Waals surface area contributed by atoms with E-state index in [0.717, 1.165) is 11.8 Å². The lowest BCUT2D eigenvalue weighted by Gasteiger charge is -2.25. The molecule has 0 aliphatic carbocycles. The van der Waals surface area contributed by atoms with Crippen LogP contribution in [0.15, 0.2) is 30.3 Å². The Morgan fingerprint density at radius 3 is 2.60 bits per heavy atom. The van der Waals surface area contributed by atoms with Crippen LogP contribution in [0.4, 0.5) is 0 Å². The van der Waals surface area contributed by atoms with Crippen molar-refractivity contribution in [3.8, 4) is 0 Å². The van der Waals surface area contributed by atoms with Crippen molar-refractivity contribution < 1.29 is 14.3 Å². The number of esters is 1. The SMILES string of the molecule is CC(C)OC(=O)[C@@]1(C)C[C@@H](C=O)[C@@H](c2ccccc2)N1. The van der Waals surface area contributed by atoms with Gasteiger partial charge in [0.2, 0.25) is 0 Å². The summed E-state index contributed by atoms with van der Waals surface area (Å²) in [6.07, 6.45) is 1.23. The molecule has 0 spiro atoms. The van der Waals surface area contributed by atoms with Crippen molar-refractivity contribution in [2.24, 2.45) is 5.92 Å². The first-order valence-electron chi connectivity index (χ1n) is 6.95. The Labute approximate surface area is 119 Å². The maximum Gasteiger partial charge on any atom is 0.326 e. The average molecular weight is 275 g/mol. The number of hydrogen-bond acceptors (Lipinski definition) is 4. The van der Waals surface area contributed by atoms with Gasteiger partial charge in [-0.05, 0) is 32.8 Å². The van der Waals surface area contributed by atoms with E-state index in [9.17, 15) is 9.59 Å². The van der Waals surface area contributed by atoms with Crippen LogP contribution in [0.5, 0.6) is 0 Å². The molecule has 0 saturated carbocycles. The molecule has 1 aromatic rings. The molecule has 108 valence electrons. The van der Waals surface area contributed by atoms with Crippen LogP contribution in [-0.4, -0.2) is 23.9 Å². The Balaban J connectivity index is 2.21. The predicted molar refractivity (Wildman–Crippen MR) is 76.1 cm³/mol. The zero-order valence-corrected chi connectivity index (χ0v) is 12.1. The number of benzene rings is 1. The lowest BCUT2D eigenvalue weighted by molar-refractivity contribution is -0.154. The van der Waals surface area contributed by atoms with Crippen molar-refractivity contribution in [3.63, 3.8) is 0 Å². The fourth-order valence-electron chi connectivity index (χ4n) is 2.70. The van der Waals surface area contributed by atoms with Crippen molar-refractivity contribution in [1.29, 1.82) is 0 Å². The molecule has 1 fully saturated rings. The van der Waals surface area contributed by atoms with E-state index in [4.69, 9.17) is 4.74 Å². The molecule has 0 aromatic heterocycles. The standard InChI is InChI=1S/C16H21NO3/c1-11(2)20-15(19)16(3)9-13(10-18)14(17-16)12-7-5-4-6-8-12/h4-8,10-11,13-14,17H,9H2,1-3H3/t13-,14+,16+/m0/s1. The third-order valence-electron chi connectivity index (χ3n) is 3.67. The van der Waals surface area contributed by atoms with Crippen LogP contribution in [0.1, 0.15) is 38.8 Å². The van der Waals surface area contributed by atoms with Crippen molar-refractivity contribution in [2.75, 3.05) is 0 Å². The second-order valence-corrected chi connectivity index (χ2v) is 5.82.